The summed E-state index contributed by atoms with van der Waals surface area (Å²) in [6, 6.07) is 4.06. The van der Waals surface area contributed by atoms with Gasteiger partial charge in [0.05, 0.1) is 5.57 Å². The van der Waals surface area contributed by atoms with Crippen LogP contribution in [0.4, 0.5) is 13.8 Å². The Kier molecular flexibility index (Phi) is 8.00. The molecule has 9 nitrogen and oxygen atoms in total. The molecular formula is C24H27ClF2N6O3S. The molecule has 0 bridgehead atoms. The molecule has 1 aromatic carbocycles. The lowest BCUT2D eigenvalue weighted by molar-refractivity contribution is -0.112. The fourth-order valence-electron chi connectivity index (χ4n) is 4.72. The quantitative estimate of drug-likeness (QED) is 0.340. The maximum absolute atomic E-state index is 13.4. The molecule has 3 heterocycles. The number of fused-ring (bicyclic) bond motifs is 1. The number of anilines is 1. The Bertz CT molecular complexity index is 1240. The van der Waals surface area contributed by atoms with Crippen LogP contribution in [0.25, 0.3) is 11.3 Å². The average molecular weight is 553 g/mol. The second kappa shape index (κ2) is 11.0. The molecule has 1 aromatic heterocycles. The van der Waals surface area contributed by atoms with Crippen LogP contribution < -0.4 is 21.1 Å². The third-order valence-electron chi connectivity index (χ3n) is 6.41. The van der Waals surface area contributed by atoms with E-state index in [1.807, 2.05) is 0 Å². The molecule has 2 aliphatic heterocycles. The van der Waals surface area contributed by atoms with Gasteiger partial charge in [0.1, 0.15) is 22.3 Å². The summed E-state index contributed by atoms with van der Waals surface area (Å²) in [6.45, 7) is 3.54. The summed E-state index contributed by atoms with van der Waals surface area (Å²) in [4.78, 5) is 34.9. The van der Waals surface area contributed by atoms with Crippen molar-refractivity contribution in [2.45, 2.75) is 6.61 Å². The van der Waals surface area contributed by atoms with Gasteiger partial charge in [-0.25, -0.2) is 4.98 Å². The molecule has 37 heavy (non-hydrogen) atoms. The predicted octanol–water partition coefficient (Wildman–Crippen LogP) is 3.21. The molecule has 2 fully saturated rings. The maximum atomic E-state index is 13.4. The lowest BCUT2D eigenvalue weighted by Crippen LogP contribution is -2.32. The average Bonchev–Trinajstić information content (AvgIpc) is 3.52. The Hall–Kier alpha value is -3.22. The van der Waals surface area contributed by atoms with Crippen LogP contribution in [0.2, 0.25) is 5.02 Å². The number of hydrogen-bond donors (Lipinski definition) is 3. The van der Waals surface area contributed by atoms with Crippen LogP contribution in [0.3, 0.4) is 0 Å². The van der Waals surface area contributed by atoms with Gasteiger partial charge in [-0.1, -0.05) is 35.6 Å². The van der Waals surface area contributed by atoms with E-state index in [1.165, 1.54) is 24.3 Å². The Morgan fingerprint density at radius 2 is 1.97 bits per heavy atom. The molecule has 0 saturated carbocycles. The van der Waals surface area contributed by atoms with Gasteiger partial charge >= 0.3 is 6.61 Å². The molecule has 2 aromatic rings. The summed E-state index contributed by atoms with van der Waals surface area (Å²) in [5.41, 5.74) is 6.09. The van der Waals surface area contributed by atoms with E-state index in [0.717, 1.165) is 24.4 Å². The monoisotopic (exact) mass is 552 g/mol. The molecule has 2 atom stereocenters. The van der Waals surface area contributed by atoms with E-state index < -0.39 is 12.5 Å². The van der Waals surface area contributed by atoms with Gasteiger partial charge in [0.2, 0.25) is 0 Å². The van der Waals surface area contributed by atoms with E-state index in [2.05, 4.69) is 38.9 Å². The molecule has 2 aliphatic rings. The molecule has 4 N–H and O–H groups in total. The number of carbonyl (C=O) groups is 2. The van der Waals surface area contributed by atoms with E-state index >= 15 is 0 Å². The minimum Gasteiger partial charge on any atom is -0.434 e. The summed E-state index contributed by atoms with van der Waals surface area (Å²) >= 11 is 7.09. The van der Waals surface area contributed by atoms with Crippen LogP contribution >= 0.6 is 22.9 Å². The van der Waals surface area contributed by atoms with Gasteiger partial charge in [-0.15, -0.1) is 0 Å². The summed E-state index contributed by atoms with van der Waals surface area (Å²) in [7, 11) is 3.60. The van der Waals surface area contributed by atoms with Crippen molar-refractivity contribution in [3.8, 4) is 17.0 Å². The van der Waals surface area contributed by atoms with Crippen LogP contribution in [-0.2, 0) is 4.79 Å². The van der Waals surface area contributed by atoms with E-state index in [0.29, 0.717) is 24.9 Å². The highest BCUT2D eigenvalue weighted by Gasteiger charge is 2.41. The number of alkyl halides is 2. The first kappa shape index (κ1) is 26.8. The number of amides is 2. The van der Waals surface area contributed by atoms with Gasteiger partial charge < -0.3 is 30.9 Å². The summed E-state index contributed by atoms with van der Waals surface area (Å²) < 4.78 is 31.0. The van der Waals surface area contributed by atoms with Crippen molar-refractivity contribution in [1.29, 1.82) is 0 Å². The highest BCUT2D eigenvalue weighted by molar-refractivity contribution is 7.18. The Labute approximate surface area is 221 Å². The Balaban J connectivity index is 1.73. The van der Waals surface area contributed by atoms with Gasteiger partial charge in [0, 0.05) is 43.8 Å². The number of thiazole rings is 1. The van der Waals surface area contributed by atoms with Crippen LogP contribution in [0.15, 0.2) is 42.2 Å². The van der Waals surface area contributed by atoms with Crippen molar-refractivity contribution < 1.29 is 23.1 Å². The molecule has 0 radical (unpaired) electrons. The normalized spacial score (nSPS) is 20.0. The second-order valence-corrected chi connectivity index (χ2v) is 10.3. The van der Waals surface area contributed by atoms with Crippen molar-refractivity contribution in [2.75, 3.05) is 45.6 Å². The van der Waals surface area contributed by atoms with E-state index in [9.17, 15) is 18.4 Å². The highest BCUT2D eigenvalue weighted by Crippen LogP contribution is 2.41. The lowest BCUT2D eigenvalue weighted by Gasteiger charge is -2.18. The Morgan fingerprint density at radius 3 is 2.57 bits per heavy atom. The standard InChI is InChI=1S/C24H27ClF2N6O3S/c1-4-15(19(28)29-2)20(34)31-21-18(16-7-14(25)5-6-17(16)36-24(26)27)30-22(37-21)23(35)33-10-12-8-32(3)9-13(12)11-33/h4-7,12-13,24,29H,1,8-11,28H2,2-3H3,(H,31,34)/b19-15-/t12-,13+. The van der Waals surface area contributed by atoms with Gasteiger partial charge in [-0.3, -0.25) is 9.59 Å². The summed E-state index contributed by atoms with van der Waals surface area (Å²) in [5.74, 6) is -0.271. The summed E-state index contributed by atoms with van der Waals surface area (Å²) in [6.07, 6.45) is 1.28. The van der Waals surface area contributed by atoms with E-state index in [1.54, 1.807) is 11.9 Å². The zero-order valence-electron chi connectivity index (χ0n) is 20.3. The lowest BCUT2D eigenvalue weighted by atomic mass is 10.0. The molecule has 0 aliphatic carbocycles. The number of rotatable bonds is 8. The number of hydrogen-bond acceptors (Lipinski definition) is 8. The Morgan fingerprint density at radius 1 is 1.30 bits per heavy atom. The first-order chi connectivity index (χ1) is 17.6. The van der Waals surface area contributed by atoms with Crippen molar-refractivity contribution in [3.05, 3.63) is 52.3 Å². The number of nitrogens with one attached hydrogen (secondary N) is 2. The highest BCUT2D eigenvalue weighted by atomic mass is 35.5. The molecule has 198 valence electrons. The third kappa shape index (κ3) is 5.71. The van der Waals surface area contributed by atoms with Gasteiger partial charge in [0.25, 0.3) is 11.8 Å². The first-order valence-corrected chi connectivity index (χ1v) is 12.6. The van der Waals surface area contributed by atoms with Crippen molar-refractivity contribution in [3.63, 3.8) is 0 Å². The predicted molar refractivity (Wildman–Crippen MR) is 139 cm³/mol. The molecule has 0 unspecified atom stereocenters. The topological polar surface area (TPSA) is 113 Å². The number of nitrogens with zero attached hydrogens (tertiary/aromatic N) is 3. The van der Waals surface area contributed by atoms with Crippen molar-refractivity contribution in [1.82, 2.24) is 20.1 Å². The van der Waals surface area contributed by atoms with E-state index in [4.69, 9.17) is 17.3 Å². The number of nitrogens with two attached hydrogens (primary N) is 1. The number of halogens is 3. The van der Waals surface area contributed by atoms with Crippen LogP contribution in [0, 0.1) is 11.8 Å². The van der Waals surface area contributed by atoms with E-state index in [-0.39, 0.29) is 49.3 Å². The fraction of sp³-hybridized carbons (Fsp3) is 0.375. The third-order valence-corrected chi connectivity index (χ3v) is 7.61. The molecule has 2 saturated heterocycles. The second-order valence-electron chi connectivity index (χ2n) is 8.90. The zero-order valence-corrected chi connectivity index (χ0v) is 21.8. The minimum atomic E-state index is -3.11. The van der Waals surface area contributed by atoms with Crippen LogP contribution in [0.1, 0.15) is 9.80 Å². The zero-order chi connectivity index (χ0) is 26.9. The molecule has 13 heteroatoms. The number of carbonyl (C=O) groups excluding carboxylic acids is 2. The van der Waals surface area contributed by atoms with Crippen molar-refractivity contribution in [2.24, 2.45) is 17.6 Å². The smallest absolute Gasteiger partial charge is 0.387 e. The first-order valence-electron chi connectivity index (χ1n) is 11.5. The van der Waals surface area contributed by atoms with Crippen LogP contribution in [-0.4, -0.2) is 73.5 Å². The SMILES string of the molecule is C=C/C(C(=O)Nc1sc(C(=O)N2C[C@H]3CN(C)C[C@H]3C2)nc1-c1cc(Cl)ccc1OC(F)F)=C(\N)NC. The molecule has 0 spiro atoms. The molecule has 2 amide bonds. The number of likely N-dealkylation sites (tertiary alicyclic amines) is 2. The van der Waals surface area contributed by atoms with Crippen molar-refractivity contribution >= 4 is 39.8 Å². The fourth-order valence-corrected chi connectivity index (χ4v) is 5.84. The molecule has 4 rings (SSSR count). The molecular weight excluding hydrogens is 526 g/mol. The van der Waals surface area contributed by atoms with Gasteiger partial charge in [-0.05, 0) is 37.1 Å². The summed E-state index contributed by atoms with van der Waals surface area (Å²) in [5, 5.41) is 5.86. The van der Waals surface area contributed by atoms with Gasteiger partial charge in [0.15, 0.2) is 5.01 Å². The maximum Gasteiger partial charge on any atom is 0.387 e. The van der Waals surface area contributed by atoms with Crippen LogP contribution in [0.5, 0.6) is 5.75 Å². The largest absolute Gasteiger partial charge is 0.434 e. The van der Waals surface area contributed by atoms with Gasteiger partial charge in [-0.2, -0.15) is 8.78 Å². The number of aromatic nitrogens is 1. The number of ether oxygens (including phenoxy) is 1. The minimum absolute atomic E-state index is 0.0568. The number of benzene rings is 1.